The first kappa shape index (κ1) is 14.0. The van der Waals surface area contributed by atoms with Gasteiger partial charge in [0.2, 0.25) is 0 Å². The molecule has 4 heteroatoms. The molecule has 1 aromatic carbocycles. The Kier molecular flexibility index (Phi) is 4.53. The highest BCUT2D eigenvalue weighted by Crippen LogP contribution is 2.28. The summed E-state index contributed by atoms with van der Waals surface area (Å²) in [5.74, 6) is 0.0202. The second-order valence-electron chi connectivity index (χ2n) is 4.82. The molecule has 1 aliphatic rings. The van der Waals surface area contributed by atoms with Gasteiger partial charge in [-0.1, -0.05) is 13.8 Å². The summed E-state index contributed by atoms with van der Waals surface area (Å²) in [5, 5.41) is 0. The number of halogens is 1. The average Bonchev–Trinajstić information content (AvgIpc) is 2.56. The van der Waals surface area contributed by atoms with Gasteiger partial charge >= 0.3 is 0 Å². The Hall–Kier alpha value is -1.42. The second-order valence-corrected chi connectivity index (χ2v) is 4.82. The molecule has 1 atom stereocenters. The molecule has 0 amide bonds. The molecule has 0 radical (unpaired) electrons. The lowest BCUT2D eigenvalue weighted by molar-refractivity contribution is 0.0877. The molecular formula is C15H20FNO2. The van der Waals surface area contributed by atoms with E-state index in [1.54, 1.807) is 0 Å². The van der Waals surface area contributed by atoms with E-state index in [2.05, 4.69) is 18.7 Å². The Balaban J connectivity index is 2.21. The van der Waals surface area contributed by atoms with Crippen molar-refractivity contribution in [2.24, 2.45) is 5.92 Å². The van der Waals surface area contributed by atoms with Crippen LogP contribution in [0.3, 0.4) is 0 Å². The number of rotatable bonds is 4. The van der Waals surface area contributed by atoms with Gasteiger partial charge in [-0.05, 0) is 31.6 Å². The topological polar surface area (TPSA) is 29.5 Å². The molecule has 104 valence electrons. The summed E-state index contributed by atoms with van der Waals surface area (Å²) < 4.78 is 18.7. The van der Waals surface area contributed by atoms with E-state index in [0.717, 1.165) is 19.6 Å². The fourth-order valence-corrected chi connectivity index (χ4v) is 2.45. The van der Waals surface area contributed by atoms with Gasteiger partial charge < -0.3 is 9.64 Å². The minimum absolute atomic E-state index is 0.0633. The van der Waals surface area contributed by atoms with Gasteiger partial charge in [-0.3, -0.25) is 4.79 Å². The third-order valence-corrected chi connectivity index (χ3v) is 3.68. The Morgan fingerprint density at radius 1 is 1.37 bits per heavy atom. The zero-order chi connectivity index (χ0) is 13.8. The molecule has 1 heterocycles. The van der Waals surface area contributed by atoms with E-state index >= 15 is 0 Å². The third-order valence-electron chi connectivity index (χ3n) is 3.68. The maximum absolute atomic E-state index is 13.2. The highest BCUT2D eigenvalue weighted by molar-refractivity contribution is 6.00. The fraction of sp³-hybridized carbons (Fsp3) is 0.533. The van der Waals surface area contributed by atoms with E-state index in [1.165, 1.54) is 18.2 Å². The van der Waals surface area contributed by atoms with Crippen LogP contribution in [0.1, 0.15) is 30.6 Å². The van der Waals surface area contributed by atoms with E-state index < -0.39 is 0 Å². The molecule has 0 aromatic heterocycles. The van der Waals surface area contributed by atoms with Crippen molar-refractivity contribution in [3.8, 4) is 5.75 Å². The SMILES string of the molecule is CCN(CC)CC1CCOc2cc(F)ccc2C1=O. The van der Waals surface area contributed by atoms with Crippen LogP contribution in [0.15, 0.2) is 18.2 Å². The smallest absolute Gasteiger partial charge is 0.171 e. The van der Waals surface area contributed by atoms with Gasteiger partial charge in [0.15, 0.2) is 5.78 Å². The van der Waals surface area contributed by atoms with Gasteiger partial charge in [0.1, 0.15) is 11.6 Å². The highest BCUT2D eigenvalue weighted by atomic mass is 19.1. The number of nitrogens with zero attached hydrogens (tertiary/aromatic N) is 1. The predicted molar refractivity (Wildman–Crippen MR) is 72.1 cm³/mol. The molecular weight excluding hydrogens is 245 g/mol. The van der Waals surface area contributed by atoms with Crippen molar-refractivity contribution < 1.29 is 13.9 Å². The van der Waals surface area contributed by atoms with Gasteiger partial charge in [-0.15, -0.1) is 0 Å². The summed E-state index contributed by atoms with van der Waals surface area (Å²) in [7, 11) is 0. The number of hydrogen-bond donors (Lipinski definition) is 0. The molecule has 0 saturated carbocycles. The predicted octanol–water partition coefficient (Wildman–Crippen LogP) is 2.75. The van der Waals surface area contributed by atoms with Gasteiger partial charge in [0.25, 0.3) is 0 Å². The second kappa shape index (κ2) is 6.15. The number of fused-ring (bicyclic) bond motifs is 1. The first-order valence-corrected chi connectivity index (χ1v) is 6.84. The Bertz CT molecular complexity index is 457. The van der Waals surface area contributed by atoms with Crippen molar-refractivity contribution in [2.75, 3.05) is 26.2 Å². The zero-order valence-electron chi connectivity index (χ0n) is 11.5. The minimum atomic E-state index is -0.367. The van der Waals surface area contributed by atoms with Gasteiger partial charge in [-0.25, -0.2) is 4.39 Å². The summed E-state index contributed by atoms with van der Waals surface area (Å²) in [6.07, 6.45) is 0.686. The van der Waals surface area contributed by atoms with Crippen molar-refractivity contribution in [2.45, 2.75) is 20.3 Å². The standard InChI is InChI=1S/C15H20FNO2/c1-3-17(4-2)10-11-7-8-19-14-9-12(16)5-6-13(14)15(11)18/h5-6,9,11H,3-4,7-8,10H2,1-2H3. The summed E-state index contributed by atoms with van der Waals surface area (Å²) >= 11 is 0. The molecule has 1 aliphatic heterocycles. The fourth-order valence-electron chi connectivity index (χ4n) is 2.45. The van der Waals surface area contributed by atoms with Crippen LogP contribution in [0.4, 0.5) is 4.39 Å². The van der Waals surface area contributed by atoms with E-state index in [0.29, 0.717) is 24.3 Å². The lowest BCUT2D eigenvalue weighted by atomic mass is 9.94. The molecule has 0 aliphatic carbocycles. The lowest BCUT2D eigenvalue weighted by Gasteiger charge is -2.23. The summed E-state index contributed by atoms with van der Waals surface area (Å²) in [5.41, 5.74) is 0.510. The molecule has 0 fully saturated rings. The number of ketones is 1. The molecule has 19 heavy (non-hydrogen) atoms. The quantitative estimate of drug-likeness (QED) is 0.838. The maximum atomic E-state index is 13.2. The van der Waals surface area contributed by atoms with E-state index in [4.69, 9.17) is 4.74 Å². The van der Waals surface area contributed by atoms with Gasteiger partial charge in [0.05, 0.1) is 12.2 Å². The van der Waals surface area contributed by atoms with Crippen molar-refractivity contribution in [3.05, 3.63) is 29.6 Å². The van der Waals surface area contributed by atoms with Crippen molar-refractivity contribution in [1.82, 2.24) is 4.90 Å². The number of Topliss-reactive ketones (excluding diaryl/α,β-unsaturated/α-hetero) is 1. The van der Waals surface area contributed by atoms with Crippen LogP contribution in [0.25, 0.3) is 0 Å². The van der Waals surface area contributed by atoms with Crippen molar-refractivity contribution in [3.63, 3.8) is 0 Å². The number of hydrogen-bond acceptors (Lipinski definition) is 3. The molecule has 2 rings (SSSR count). The first-order valence-electron chi connectivity index (χ1n) is 6.84. The van der Waals surface area contributed by atoms with Crippen molar-refractivity contribution in [1.29, 1.82) is 0 Å². The Morgan fingerprint density at radius 2 is 2.11 bits per heavy atom. The normalized spacial score (nSPS) is 18.9. The summed E-state index contributed by atoms with van der Waals surface area (Å²) in [4.78, 5) is 14.7. The van der Waals surface area contributed by atoms with E-state index in [9.17, 15) is 9.18 Å². The maximum Gasteiger partial charge on any atom is 0.171 e. The van der Waals surface area contributed by atoms with E-state index in [1.807, 2.05) is 0 Å². The first-order chi connectivity index (χ1) is 9.15. The largest absolute Gasteiger partial charge is 0.493 e. The molecule has 1 unspecified atom stereocenters. The number of carbonyl (C=O) groups excluding carboxylic acids is 1. The van der Waals surface area contributed by atoms with Crippen LogP contribution in [-0.2, 0) is 0 Å². The summed E-state index contributed by atoms with van der Waals surface area (Å²) in [6.45, 7) is 7.24. The van der Waals surface area contributed by atoms with E-state index in [-0.39, 0.29) is 17.5 Å². The zero-order valence-corrected chi connectivity index (χ0v) is 11.5. The van der Waals surface area contributed by atoms with Crippen LogP contribution in [-0.4, -0.2) is 36.9 Å². The molecule has 0 bridgehead atoms. The van der Waals surface area contributed by atoms with Crippen LogP contribution < -0.4 is 4.74 Å². The Labute approximate surface area is 113 Å². The Morgan fingerprint density at radius 3 is 2.79 bits per heavy atom. The third kappa shape index (κ3) is 3.13. The van der Waals surface area contributed by atoms with Crippen LogP contribution in [0, 0.1) is 11.7 Å². The molecule has 3 nitrogen and oxygen atoms in total. The van der Waals surface area contributed by atoms with Crippen LogP contribution >= 0.6 is 0 Å². The highest BCUT2D eigenvalue weighted by Gasteiger charge is 2.27. The lowest BCUT2D eigenvalue weighted by Crippen LogP contribution is -2.33. The summed E-state index contributed by atoms with van der Waals surface area (Å²) in [6, 6.07) is 4.15. The van der Waals surface area contributed by atoms with Crippen LogP contribution in [0.5, 0.6) is 5.75 Å². The van der Waals surface area contributed by atoms with Gasteiger partial charge in [0, 0.05) is 18.5 Å². The minimum Gasteiger partial charge on any atom is -0.493 e. The van der Waals surface area contributed by atoms with Crippen molar-refractivity contribution >= 4 is 5.78 Å². The van der Waals surface area contributed by atoms with Crippen LogP contribution in [0.2, 0.25) is 0 Å². The molecule has 0 spiro atoms. The molecule has 0 saturated heterocycles. The molecule has 0 N–H and O–H groups in total. The number of benzene rings is 1. The number of ether oxygens (including phenoxy) is 1. The van der Waals surface area contributed by atoms with Gasteiger partial charge in [-0.2, -0.15) is 0 Å². The number of carbonyl (C=O) groups is 1. The average molecular weight is 265 g/mol. The molecule has 1 aromatic rings. The monoisotopic (exact) mass is 265 g/mol.